The van der Waals surface area contributed by atoms with Crippen molar-refractivity contribution in [2.45, 2.75) is 23.6 Å². The molecule has 0 aliphatic carbocycles. The van der Waals surface area contributed by atoms with Crippen molar-refractivity contribution in [3.05, 3.63) is 71.8 Å². The Morgan fingerprint density at radius 2 is 1.46 bits per heavy atom. The maximum Gasteiger partial charge on any atom is 1.00 e. The third-order valence-corrected chi connectivity index (χ3v) is 7.00. The number of aryl methyl sites for hydroxylation is 2. The fourth-order valence-electron chi connectivity index (χ4n) is 3.68. The van der Waals surface area contributed by atoms with Crippen LogP contribution in [0, 0.1) is 13.8 Å². The van der Waals surface area contributed by atoms with Crippen molar-refractivity contribution in [2.24, 2.45) is 20.5 Å². The van der Waals surface area contributed by atoms with Gasteiger partial charge in [-0.3, -0.25) is 5.04 Å². The van der Waals surface area contributed by atoms with Gasteiger partial charge in [0.15, 0.2) is 0 Å². The molecule has 0 bridgehead atoms. The van der Waals surface area contributed by atoms with Crippen molar-refractivity contribution in [3.63, 3.8) is 0 Å². The van der Waals surface area contributed by atoms with E-state index in [1.807, 2.05) is 13.8 Å². The van der Waals surface area contributed by atoms with Crippen molar-refractivity contribution in [2.75, 3.05) is 12.8 Å². The average Bonchev–Trinajstić information content (AvgIpc) is 2.89. The second kappa shape index (κ2) is 15.5. The first kappa shape index (κ1) is 35.3. The summed E-state index contributed by atoms with van der Waals surface area (Å²) in [6, 6.07) is 16.0. The van der Waals surface area contributed by atoms with Crippen LogP contribution in [0.3, 0.4) is 0 Å². The van der Waals surface area contributed by atoms with E-state index in [1.54, 1.807) is 42.5 Å². The minimum Gasteiger partial charge on any atom is -0.744 e. The molecule has 0 saturated carbocycles. The molecule has 0 unspecified atom stereocenters. The van der Waals surface area contributed by atoms with Gasteiger partial charge in [-0.25, -0.2) is 8.42 Å². The standard InChI is InChI=1S/C25H23N5O7S2.2Na/c1-14-8-17(27-30-23-13-24(35-3)21(26)9-15(23)2)6-7-22(14)29-28-18-5-4-16-10-19(38-37-36-31)12-25(20(16)11-18)39(32,33)34;;/h4-13,31H,26H2,1-3H3,(H,32,33,34);;/q;2*+1/p-2. The van der Waals surface area contributed by atoms with Gasteiger partial charge in [0, 0.05) is 16.3 Å². The molecule has 41 heavy (non-hydrogen) atoms. The second-order valence-corrected chi connectivity index (χ2v) is 10.4. The van der Waals surface area contributed by atoms with Crippen LogP contribution in [0.5, 0.6) is 5.75 Å². The fourth-order valence-corrected chi connectivity index (χ4v) is 4.92. The van der Waals surface area contributed by atoms with Gasteiger partial charge in [-0.2, -0.15) is 24.8 Å². The van der Waals surface area contributed by atoms with Gasteiger partial charge >= 0.3 is 59.1 Å². The zero-order valence-corrected chi connectivity index (χ0v) is 28.4. The van der Waals surface area contributed by atoms with Gasteiger partial charge in [0.25, 0.3) is 0 Å². The molecule has 0 aliphatic rings. The van der Waals surface area contributed by atoms with E-state index in [1.165, 1.54) is 19.2 Å². The van der Waals surface area contributed by atoms with Crippen LogP contribution in [-0.2, 0) is 19.5 Å². The summed E-state index contributed by atoms with van der Waals surface area (Å²) in [5.41, 5.74) is 10.1. The third-order valence-electron chi connectivity index (χ3n) is 5.58. The van der Waals surface area contributed by atoms with Crippen molar-refractivity contribution < 1.29 is 91.5 Å². The number of nitrogens with two attached hydrogens (primary N) is 1. The quantitative estimate of drug-likeness (QED) is 0.0517. The molecule has 16 heteroatoms. The number of benzene rings is 4. The monoisotopic (exact) mass is 613 g/mol. The summed E-state index contributed by atoms with van der Waals surface area (Å²) in [5, 5.41) is 31.0. The summed E-state index contributed by atoms with van der Waals surface area (Å²) < 4.78 is 45.1. The number of hydrogen-bond acceptors (Lipinski definition) is 13. The molecule has 0 heterocycles. The van der Waals surface area contributed by atoms with Gasteiger partial charge in [0.2, 0.25) is 0 Å². The summed E-state index contributed by atoms with van der Waals surface area (Å²) in [7, 11) is -3.32. The van der Waals surface area contributed by atoms with Crippen molar-refractivity contribution in [3.8, 4) is 5.75 Å². The van der Waals surface area contributed by atoms with Gasteiger partial charge in [-0.05, 0) is 78.9 Å². The molecule has 0 aliphatic heterocycles. The van der Waals surface area contributed by atoms with E-state index in [-0.39, 0.29) is 69.4 Å². The molecule has 202 valence electrons. The van der Waals surface area contributed by atoms with Crippen LogP contribution in [0.4, 0.5) is 28.4 Å². The van der Waals surface area contributed by atoms with Crippen molar-refractivity contribution >= 4 is 61.4 Å². The molecule has 0 fully saturated rings. The number of fused-ring (bicyclic) bond motifs is 1. The minimum atomic E-state index is -4.85. The zero-order chi connectivity index (χ0) is 28.2. The molecule has 0 saturated heterocycles. The Morgan fingerprint density at radius 1 is 0.829 bits per heavy atom. The smallest absolute Gasteiger partial charge is 0.744 e. The van der Waals surface area contributed by atoms with Crippen LogP contribution in [0.1, 0.15) is 11.1 Å². The first-order valence-electron chi connectivity index (χ1n) is 11.1. The van der Waals surface area contributed by atoms with Crippen LogP contribution in [0.2, 0.25) is 0 Å². The summed E-state index contributed by atoms with van der Waals surface area (Å²) in [5.74, 6) is 0.511. The molecule has 0 aromatic heterocycles. The third kappa shape index (κ3) is 9.03. The van der Waals surface area contributed by atoms with Gasteiger partial charge in [0.05, 0.1) is 52.5 Å². The molecule has 4 aromatic rings. The SMILES string of the molecule is COc1cc(N=Nc2ccc(N=Nc3ccc4cc(SOO[O-])cc(S(=O)(=O)[O-])c4c3)c(C)c2)c(C)cc1N.[Na+].[Na+]. The molecule has 0 atom stereocenters. The topological polar surface area (TPSA) is 183 Å². The maximum atomic E-state index is 11.9. The summed E-state index contributed by atoms with van der Waals surface area (Å²) in [6.07, 6.45) is 0. The van der Waals surface area contributed by atoms with Crippen LogP contribution in [0.25, 0.3) is 10.8 Å². The van der Waals surface area contributed by atoms with Gasteiger partial charge < -0.3 is 20.3 Å². The Balaban J connectivity index is 0.00000294. The minimum absolute atomic E-state index is 0. The van der Waals surface area contributed by atoms with Gasteiger partial charge in [-0.1, -0.05) is 6.07 Å². The zero-order valence-electron chi connectivity index (χ0n) is 22.8. The van der Waals surface area contributed by atoms with E-state index < -0.39 is 15.0 Å². The Hall–Kier alpha value is -1.92. The van der Waals surface area contributed by atoms with Crippen LogP contribution < -0.4 is 74.8 Å². The number of ether oxygens (including phenoxy) is 1. The summed E-state index contributed by atoms with van der Waals surface area (Å²) >= 11 is 0.480. The molecule has 0 radical (unpaired) electrons. The van der Waals surface area contributed by atoms with E-state index in [9.17, 15) is 18.2 Å². The average molecular weight is 614 g/mol. The largest absolute Gasteiger partial charge is 1.00 e. The van der Waals surface area contributed by atoms with Crippen molar-refractivity contribution in [1.29, 1.82) is 0 Å². The van der Waals surface area contributed by atoms with E-state index in [0.29, 0.717) is 51.6 Å². The maximum absolute atomic E-state index is 11.9. The molecular weight excluding hydrogens is 592 g/mol. The first-order valence-corrected chi connectivity index (χ1v) is 13.3. The second-order valence-electron chi connectivity index (χ2n) is 8.25. The van der Waals surface area contributed by atoms with E-state index in [0.717, 1.165) is 17.2 Å². The number of rotatable bonds is 9. The van der Waals surface area contributed by atoms with Crippen LogP contribution in [0.15, 0.2) is 90.9 Å². The first-order chi connectivity index (χ1) is 18.6. The number of azo groups is 2. The normalized spacial score (nSPS) is 11.5. The predicted octanol–water partition coefficient (Wildman–Crippen LogP) is 0.0209. The number of methoxy groups -OCH3 is 1. The molecule has 0 amide bonds. The van der Waals surface area contributed by atoms with Crippen LogP contribution in [-0.4, -0.2) is 20.1 Å². The van der Waals surface area contributed by atoms with Gasteiger partial charge in [-0.15, -0.1) is 0 Å². The van der Waals surface area contributed by atoms with Crippen molar-refractivity contribution in [1.82, 2.24) is 0 Å². The molecule has 4 rings (SSSR count). The van der Waals surface area contributed by atoms with E-state index in [4.69, 9.17) is 10.5 Å². The Morgan fingerprint density at radius 3 is 2.10 bits per heavy atom. The number of nitrogen functional groups attached to an aromatic ring is 1. The Labute approximate surface area is 284 Å². The fraction of sp³-hybridized carbons (Fsp3) is 0.120. The predicted molar refractivity (Wildman–Crippen MR) is 142 cm³/mol. The number of anilines is 1. The van der Waals surface area contributed by atoms with Gasteiger partial charge in [0.1, 0.15) is 15.9 Å². The number of nitrogens with zero attached hydrogens (tertiary/aromatic N) is 4. The molecule has 2 N–H and O–H groups in total. The molecule has 4 aromatic carbocycles. The molecular formula is C25H21N5Na2O7S2. The van der Waals surface area contributed by atoms with Crippen LogP contribution >= 0.6 is 12.0 Å². The Bertz CT molecular complexity index is 1720. The summed E-state index contributed by atoms with van der Waals surface area (Å²) in [6.45, 7) is 3.71. The Kier molecular flexibility index (Phi) is 13.4. The van der Waals surface area contributed by atoms with E-state index >= 15 is 0 Å². The van der Waals surface area contributed by atoms with E-state index in [2.05, 4.69) is 29.8 Å². The summed E-state index contributed by atoms with van der Waals surface area (Å²) in [4.78, 5) is -0.297. The number of hydrogen-bond donors (Lipinski definition) is 1. The molecule has 0 spiro atoms. The molecule has 12 nitrogen and oxygen atoms in total.